The number of rotatable bonds is 6. The fourth-order valence-corrected chi connectivity index (χ4v) is 2.75. The molecule has 4 heteroatoms. The predicted molar refractivity (Wildman–Crippen MR) is 90.4 cm³/mol. The van der Waals surface area contributed by atoms with E-state index in [2.05, 4.69) is 47.1 Å². The zero-order valence-corrected chi connectivity index (χ0v) is 14.4. The minimum atomic E-state index is -0.171. The third-order valence-electron chi connectivity index (χ3n) is 3.16. The van der Waals surface area contributed by atoms with E-state index in [-0.39, 0.29) is 5.38 Å². The summed E-state index contributed by atoms with van der Waals surface area (Å²) >= 11 is 10.1. The SMILES string of the molecule is COCCOc1ccc(C(Cl)c2ccc(C)cc2)cc1Br. The first-order chi connectivity index (χ1) is 10.1. The minimum absolute atomic E-state index is 0.171. The number of alkyl halides is 1. The van der Waals surface area contributed by atoms with E-state index < -0.39 is 0 Å². The van der Waals surface area contributed by atoms with Crippen molar-refractivity contribution in [2.24, 2.45) is 0 Å². The van der Waals surface area contributed by atoms with Crippen LogP contribution in [0.5, 0.6) is 5.75 Å². The first kappa shape index (κ1) is 16.3. The van der Waals surface area contributed by atoms with Crippen LogP contribution in [0.25, 0.3) is 0 Å². The Morgan fingerprint density at radius 1 is 1.05 bits per heavy atom. The van der Waals surface area contributed by atoms with Gasteiger partial charge in [0.2, 0.25) is 0 Å². The Bertz CT molecular complexity index is 584. The maximum atomic E-state index is 6.55. The molecule has 0 aliphatic rings. The van der Waals surface area contributed by atoms with Crippen molar-refractivity contribution < 1.29 is 9.47 Å². The second-order valence-corrected chi connectivity index (χ2v) is 6.10. The Balaban J connectivity index is 2.13. The largest absolute Gasteiger partial charge is 0.490 e. The maximum absolute atomic E-state index is 6.55. The molecular formula is C17H18BrClO2. The third-order valence-corrected chi connectivity index (χ3v) is 4.29. The van der Waals surface area contributed by atoms with Crippen molar-refractivity contribution in [3.63, 3.8) is 0 Å². The van der Waals surface area contributed by atoms with Gasteiger partial charge in [0.1, 0.15) is 12.4 Å². The standard InChI is InChI=1S/C17H18BrClO2/c1-12-3-5-13(6-4-12)17(19)14-7-8-16(15(18)11-14)21-10-9-20-2/h3-8,11,17H,9-10H2,1-2H3. The van der Waals surface area contributed by atoms with Gasteiger partial charge in [-0.15, -0.1) is 11.6 Å². The summed E-state index contributed by atoms with van der Waals surface area (Å²) in [6, 6.07) is 14.2. The molecule has 0 saturated heterocycles. The van der Waals surface area contributed by atoms with Gasteiger partial charge < -0.3 is 9.47 Å². The lowest BCUT2D eigenvalue weighted by Gasteiger charge is -2.13. The predicted octanol–water partition coefficient (Wildman–Crippen LogP) is 5.11. The zero-order chi connectivity index (χ0) is 15.2. The quantitative estimate of drug-likeness (QED) is 0.520. The molecule has 0 spiro atoms. The Labute approximate surface area is 139 Å². The lowest BCUT2D eigenvalue weighted by atomic mass is 10.0. The summed E-state index contributed by atoms with van der Waals surface area (Å²) in [5.74, 6) is 0.795. The molecule has 0 aromatic heterocycles. The van der Waals surface area contributed by atoms with Crippen LogP contribution in [0.3, 0.4) is 0 Å². The van der Waals surface area contributed by atoms with E-state index in [1.165, 1.54) is 5.56 Å². The van der Waals surface area contributed by atoms with Crippen LogP contribution in [-0.4, -0.2) is 20.3 Å². The van der Waals surface area contributed by atoms with E-state index in [9.17, 15) is 0 Å². The Kier molecular flexibility index (Phi) is 6.09. The molecule has 0 fully saturated rings. The van der Waals surface area contributed by atoms with E-state index in [4.69, 9.17) is 21.1 Å². The van der Waals surface area contributed by atoms with Gasteiger partial charge >= 0.3 is 0 Å². The fourth-order valence-electron chi connectivity index (χ4n) is 1.95. The molecule has 112 valence electrons. The van der Waals surface area contributed by atoms with Crippen LogP contribution < -0.4 is 4.74 Å². The molecule has 2 rings (SSSR count). The highest BCUT2D eigenvalue weighted by molar-refractivity contribution is 9.10. The topological polar surface area (TPSA) is 18.5 Å². The van der Waals surface area contributed by atoms with E-state index in [1.807, 2.05) is 18.2 Å². The maximum Gasteiger partial charge on any atom is 0.133 e. The number of hydrogen-bond donors (Lipinski definition) is 0. The highest BCUT2D eigenvalue weighted by Gasteiger charge is 2.12. The van der Waals surface area contributed by atoms with E-state index in [1.54, 1.807) is 7.11 Å². The van der Waals surface area contributed by atoms with Gasteiger partial charge in [-0.05, 0) is 46.1 Å². The van der Waals surface area contributed by atoms with Gasteiger partial charge in [0, 0.05) is 7.11 Å². The zero-order valence-electron chi connectivity index (χ0n) is 12.1. The number of benzene rings is 2. The summed E-state index contributed by atoms with van der Waals surface area (Å²) in [5, 5.41) is -0.171. The summed E-state index contributed by atoms with van der Waals surface area (Å²) in [4.78, 5) is 0. The minimum Gasteiger partial charge on any atom is -0.490 e. The van der Waals surface area contributed by atoms with Crippen molar-refractivity contribution in [2.45, 2.75) is 12.3 Å². The lowest BCUT2D eigenvalue weighted by Crippen LogP contribution is -2.05. The number of halogens is 2. The smallest absolute Gasteiger partial charge is 0.133 e. The molecule has 0 N–H and O–H groups in total. The van der Waals surface area contributed by atoms with Gasteiger partial charge in [0.15, 0.2) is 0 Å². The van der Waals surface area contributed by atoms with Gasteiger partial charge in [0.05, 0.1) is 16.5 Å². The van der Waals surface area contributed by atoms with Crippen molar-refractivity contribution in [2.75, 3.05) is 20.3 Å². The summed E-state index contributed by atoms with van der Waals surface area (Å²) in [6.45, 7) is 3.15. The molecular weight excluding hydrogens is 352 g/mol. The number of methoxy groups -OCH3 is 1. The van der Waals surface area contributed by atoms with Gasteiger partial charge in [0.25, 0.3) is 0 Å². The van der Waals surface area contributed by atoms with E-state index >= 15 is 0 Å². The molecule has 0 aliphatic heterocycles. The molecule has 0 aliphatic carbocycles. The molecule has 2 aromatic carbocycles. The first-order valence-corrected chi connectivity index (χ1v) is 7.96. The van der Waals surface area contributed by atoms with Crippen molar-refractivity contribution >= 4 is 27.5 Å². The summed E-state index contributed by atoms with van der Waals surface area (Å²) < 4.78 is 11.5. The summed E-state index contributed by atoms with van der Waals surface area (Å²) in [6.07, 6.45) is 0. The molecule has 0 radical (unpaired) electrons. The van der Waals surface area contributed by atoms with Crippen LogP contribution in [0.1, 0.15) is 22.1 Å². The average molecular weight is 370 g/mol. The molecule has 1 unspecified atom stereocenters. The van der Waals surface area contributed by atoms with Gasteiger partial charge in [-0.1, -0.05) is 35.9 Å². The van der Waals surface area contributed by atoms with E-state index in [0.29, 0.717) is 13.2 Å². The number of aryl methyl sites for hydroxylation is 1. The molecule has 0 amide bonds. The Hall–Kier alpha value is -1.03. The normalized spacial score (nSPS) is 12.2. The van der Waals surface area contributed by atoms with E-state index in [0.717, 1.165) is 21.3 Å². The molecule has 2 aromatic rings. The monoisotopic (exact) mass is 368 g/mol. The molecule has 1 atom stereocenters. The molecule has 0 bridgehead atoms. The Morgan fingerprint density at radius 2 is 1.71 bits per heavy atom. The van der Waals surface area contributed by atoms with Crippen molar-refractivity contribution in [1.82, 2.24) is 0 Å². The average Bonchev–Trinajstić information content (AvgIpc) is 2.49. The molecule has 0 heterocycles. The highest BCUT2D eigenvalue weighted by atomic mass is 79.9. The molecule has 2 nitrogen and oxygen atoms in total. The van der Waals surface area contributed by atoms with Crippen LogP contribution in [0.4, 0.5) is 0 Å². The van der Waals surface area contributed by atoms with Gasteiger partial charge in [-0.25, -0.2) is 0 Å². The second-order valence-electron chi connectivity index (χ2n) is 4.80. The van der Waals surface area contributed by atoms with Crippen LogP contribution in [0.15, 0.2) is 46.9 Å². The second kappa shape index (κ2) is 7.83. The summed E-state index contributed by atoms with van der Waals surface area (Å²) in [5.41, 5.74) is 3.35. The number of hydrogen-bond acceptors (Lipinski definition) is 2. The molecule has 21 heavy (non-hydrogen) atoms. The van der Waals surface area contributed by atoms with Gasteiger partial charge in [-0.3, -0.25) is 0 Å². The summed E-state index contributed by atoms with van der Waals surface area (Å²) in [7, 11) is 1.65. The third kappa shape index (κ3) is 4.47. The fraction of sp³-hybridized carbons (Fsp3) is 0.294. The number of ether oxygens (including phenoxy) is 2. The van der Waals surface area contributed by atoms with Crippen LogP contribution >= 0.6 is 27.5 Å². The van der Waals surface area contributed by atoms with Crippen LogP contribution in [-0.2, 0) is 4.74 Å². The highest BCUT2D eigenvalue weighted by Crippen LogP contribution is 2.34. The van der Waals surface area contributed by atoms with Crippen LogP contribution in [0, 0.1) is 6.92 Å². The van der Waals surface area contributed by atoms with Crippen molar-refractivity contribution in [3.8, 4) is 5.75 Å². The molecule has 0 saturated carbocycles. The van der Waals surface area contributed by atoms with Crippen LogP contribution in [0.2, 0.25) is 0 Å². The first-order valence-electron chi connectivity index (χ1n) is 6.73. The lowest BCUT2D eigenvalue weighted by molar-refractivity contribution is 0.146. The van der Waals surface area contributed by atoms with Gasteiger partial charge in [-0.2, -0.15) is 0 Å². The van der Waals surface area contributed by atoms with Crippen molar-refractivity contribution in [3.05, 3.63) is 63.6 Å². The van der Waals surface area contributed by atoms with Crippen molar-refractivity contribution in [1.29, 1.82) is 0 Å². The Morgan fingerprint density at radius 3 is 2.33 bits per heavy atom.